The van der Waals surface area contributed by atoms with E-state index in [0.29, 0.717) is 0 Å². The average Bonchev–Trinajstić information content (AvgIpc) is 2.43. The highest BCUT2D eigenvalue weighted by molar-refractivity contribution is 5.94. The molecule has 10 heteroatoms. The third kappa shape index (κ3) is 7.06. The van der Waals surface area contributed by atoms with E-state index in [-0.39, 0.29) is 0 Å². The zero-order valence-corrected chi connectivity index (χ0v) is 13.5. The predicted octanol–water partition coefficient (Wildman–Crippen LogP) is -2.71. The SMILES string of the molecule is C[C@H](N)C(=O)N[C@@H](C)C(=O)N[C@H](C(=O)N[C@@H](C)C(=O)O)[C@@H](C)O. The number of carbonyl (C=O) groups excluding carboxylic acids is 3. The van der Waals surface area contributed by atoms with Crippen LogP contribution >= 0.6 is 0 Å². The van der Waals surface area contributed by atoms with Gasteiger partial charge in [-0.15, -0.1) is 0 Å². The lowest BCUT2D eigenvalue weighted by Gasteiger charge is -2.24. The number of aliphatic hydroxyl groups is 1. The molecule has 0 aliphatic carbocycles. The van der Waals surface area contributed by atoms with Crippen LogP contribution in [0.15, 0.2) is 0 Å². The number of carboxylic acids is 1. The van der Waals surface area contributed by atoms with Crippen molar-refractivity contribution in [2.75, 3.05) is 0 Å². The van der Waals surface area contributed by atoms with E-state index in [1.165, 1.54) is 27.7 Å². The number of nitrogens with one attached hydrogen (secondary N) is 3. The second-order valence-electron chi connectivity index (χ2n) is 5.31. The Morgan fingerprint density at radius 1 is 0.826 bits per heavy atom. The van der Waals surface area contributed by atoms with Gasteiger partial charge in [0.2, 0.25) is 17.7 Å². The van der Waals surface area contributed by atoms with Gasteiger partial charge in [0, 0.05) is 0 Å². The molecular formula is C13H24N4O6. The summed E-state index contributed by atoms with van der Waals surface area (Å²) in [4.78, 5) is 46.0. The van der Waals surface area contributed by atoms with Crippen molar-refractivity contribution in [2.45, 2.75) is 58.0 Å². The van der Waals surface area contributed by atoms with E-state index < -0.39 is 54.0 Å². The first-order chi connectivity index (χ1) is 10.5. The van der Waals surface area contributed by atoms with Crippen LogP contribution in [0.3, 0.4) is 0 Å². The number of hydrogen-bond acceptors (Lipinski definition) is 6. The smallest absolute Gasteiger partial charge is 0.325 e. The van der Waals surface area contributed by atoms with Crippen molar-refractivity contribution in [1.82, 2.24) is 16.0 Å². The first kappa shape index (κ1) is 20.8. The highest BCUT2D eigenvalue weighted by Crippen LogP contribution is 1.97. The van der Waals surface area contributed by atoms with E-state index in [0.717, 1.165) is 0 Å². The fraction of sp³-hybridized carbons (Fsp3) is 0.692. The molecule has 23 heavy (non-hydrogen) atoms. The minimum atomic E-state index is -1.36. The highest BCUT2D eigenvalue weighted by Gasteiger charge is 2.29. The van der Waals surface area contributed by atoms with Gasteiger partial charge in [0.05, 0.1) is 12.1 Å². The third-order valence-electron chi connectivity index (χ3n) is 2.96. The van der Waals surface area contributed by atoms with Gasteiger partial charge in [-0.2, -0.15) is 0 Å². The van der Waals surface area contributed by atoms with Crippen molar-refractivity contribution in [3.05, 3.63) is 0 Å². The largest absolute Gasteiger partial charge is 0.480 e. The normalized spacial score (nSPS) is 17.1. The summed E-state index contributed by atoms with van der Waals surface area (Å²) in [6.45, 7) is 5.33. The Hall–Kier alpha value is -2.20. The van der Waals surface area contributed by atoms with E-state index in [9.17, 15) is 24.3 Å². The molecule has 0 aliphatic rings. The lowest BCUT2D eigenvalue weighted by Crippen LogP contribution is -2.58. The predicted molar refractivity (Wildman–Crippen MR) is 80.1 cm³/mol. The van der Waals surface area contributed by atoms with E-state index in [4.69, 9.17) is 10.8 Å². The van der Waals surface area contributed by atoms with Crippen molar-refractivity contribution >= 4 is 23.7 Å². The summed E-state index contributed by atoms with van der Waals surface area (Å²) in [5.74, 6) is -3.38. The van der Waals surface area contributed by atoms with Crippen LogP contribution < -0.4 is 21.7 Å². The maximum absolute atomic E-state index is 12.0. The molecule has 3 amide bonds. The lowest BCUT2D eigenvalue weighted by molar-refractivity contribution is -0.142. The zero-order valence-electron chi connectivity index (χ0n) is 13.5. The molecule has 0 saturated carbocycles. The number of nitrogens with two attached hydrogens (primary N) is 1. The summed E-state index contributed by atoms with van der Waals surface area (Å²) in [5.41, 5.74) is 5.36. The molecule has 5 atom stereocenters. The molecule has 0 aliphatic heterocycles. The van der Waals surface area contributed by atoms with Crippen molar-refractivity contribution < 1.29 is 29.4 Å². The third-order valence-corrected chi connectivity index (χ3v) is 2.96. The molecule has 0 aromatic rings. The Morgan fingerprint density at radius 2 is 1.30 bits per heavy atom. The van der Waals surface area contributed by atoms with Gasteiger partial charge in [0.1, 0.15) is 18.1 Å². The Kier molecular flexibility index (Phi) is 8.19. The summed E-state index contributed by atoms with van der Waals surface area (Å²) in [6, 6.07) is -4.34. The van der Waals surface area contributed by atoms with Gasteiger partial charge >= 0.3 is 5.97 Å². The summed E-state index contributed by atoms with van der Waals surface area (Å²) in [6.07, 6.45) is -1.27. The highest BCUT2D eigenvalue weighted by atomic mass is 16.4. The maximum atomic E-state index is 12.0. The van der Waals surface area contributed by atoms with Crippen LogP contribution in [-0.2, 0) is 19.2 Å². The van der Waals surface area contributed by atoms with Crippen molar-refractivity contribution in [1.29, 1.82) is 0 Å². The number of rotatable bonds is 8. The minimum absolute atomic E-state index is 0.551. The van der Waals surface area contributed by atoms with Gasteiger partial charge in [-0.25, -0.2) is 0 Å². The quantitative estimate of drug-likeness (QED) is 0.280. The summed E-state index contributed by atoms with van der Waals surface area (Å²) < 4.78 is 0. The molecule has 0 radical (unpaired) electrons. The van der Waals surface area contributed by atoms with Crippen LogP contribution in [0.2, 0.25) is 0 Å². The fourth-order valence-electron chi connectivity index (χ4n) is 1.46. The number of aliphatic hydroxyl groups excluding tert-OH is 1. The van der Waals surface area contributed by atoms with E-state index in [1.54, 1.807) is 0 Å². The number of hydrogen-bond donors (Lipinski definition) is 6. The number of amides is 3. The lowest BCUT2D eigenvalue weighted by atomic mass is 10.1. The van der Waals surface area contributed by atoms with Crippen LogP contribution in [0.1, 0.15) is 27.7 Å². The minimum Gasteiger partial charge on any atom is -0.480 e. The van der Waals surface area contributed by atoms with Crippen LogP contribution in [0.5, 0.6) is 0 Å². The number of carbonyl (C=O) groups is 4. The second-order valence-corrected chi connectivity index (χ2v) is 5.31. The summed E-state index contributed by atoms with van der Waals surface area (Å²) in [7, 11) is 0. The Balaban J connectivity index is 4.81. The molecular weight excluding hydrogens is 308 g/mol. The van der Waals surface area contributed by atoms with Crippen molar-refractivity contribution in [3.8, 4) is 0 Å². The Bertz CT molecular complexity index is 465. The van der Waals surface area contributed by atoms with Gasteiger partial charge in [0.15, 0.2) is 0 Å². The molecule has 10 nitrogen and oxygen atoms in total. The zero-order chi connectivity index (χ0) is 18.3. The summed E-state index contributed by atoms with van der Waals surface area (Å²) in [5, 5.41) is 25.1. The van der Waals surface area contributed by atoms with Gasteiger partial charge in [-0.05, 0) is 27.7 Å². The maximum Gasteiger partial charge on any atom is 0.325 e. The molecule has 0 heterocycles. The monoisotopic (exact) mass is 332 g/mol. The van der Waals surface area contributed by atoms with E-state index in [2.05, 4.69) is 16.0 Å². The fourth-order valence-corrected chi connectivity index (χ4v) is 1.46. The molecule has 0 spiro atoms. The van der Waals surface area contributed by atoms with Crippen molar-refractivity contribution in [2.24, 2.45) is 5.73 Å². The first-order valence-corrected chi connectivity index (χ1v) is 7.05. The molecule has 132 valence electrons. The van der Waals surface area contributed by atoms with Crippen LogP contribution in [0.25, 0.3) is 0 Å². The van der Waals surface area contributed by atoms with Crippen LogP contribution in [-0.4, -0.2) is 64.2 Å². The topological polar surface area (TPSA) is 171 Å². The molecule has 0 unspecified atom stereocenters. The Labute approximate surface area is 133 Å². The van der Waals surface area contributed by atoms with Crippen LogP contribution in [0, 0.1) is 0 Å². The molecule has 0 rings (SSSR count). The molecule has 0 aromatic carbocycles. The first-order valence-electron chi connectivity index (χ1n) is 7.05. The van der Waals surface area contributed by atoms with E-state index in [1.807, 2.05) is 0 Å². The van der Waals surface area contributed by atoms with Gasteiger partial charge in [-0.1, -0.05) is 0 Å². The summed E-state index contributed by atoms with van der Waals surface area (Å²) >= 11 is 0. The van der Waals surface area contributed by atoms with Crippen LogP contribution in [0.4, 0.5) is 0 Å². The molecule has 0 bridgehead atoms. The molecule has 0 aromatic heterocycles. The Morgan fingerprint density at radius 3 is 1.70 bits per heavy atom. The second kappa shape index (κ2) is 9.06. The molecule has 7 N–H and O–H groups in total. The standard InChI is InChI=1S/C13H24N4O6/c1-5(14)10(19)15-6(2)11(20)17-9(8(4)18)12(21)16-7(3)13(22)23/h5-9,18H,14H2,1-4H3,(H,15,19)(H,16,21)(H,17,20)(H,22,23)/t5-,6-,7-,8+,9-/m0/s1. The molecule has 0 saturated heterocycles. The number of carboxylic acid groups (broad SMARTS) is 1. The van der Waals surface area contributed by atoms with Gasteiger partial charge < -0.3 is 31.9 Å². The van der Waals surface area contributed by atoms with Gasteiger partial charge in [-0.3, -0.25) is 19.2 Å². The van der Waals surface area contributed by atoms with Gasteiger partial charge in [0.25, 0.3) is 0 Å². The van der Waals surface area contributed by atoms with Crippen molar-refractivity contribution in [3.63, 3.8) is 0 Å². The number of aliphatic carboxylic acids is 1. The van der Waals surface area contributed by atoms with E-state index >= 15 is 0 Å². The average molecular weight is 332 g/mol. The molecule has 0 fully saturated rings.